The number of fused-ring (bicyclic) bond motifs is 1. The lowest BCUT2D eigenvalue weighted by Gasteiger charge is -2.22. The third-order valence-corrected chi connectivity index (χ3v) is 4.83. The maximum absolute atomic E-state index is 5.85. The fourth-order valence-electron chi connectivity index (χ4n) is 2.62. The lowest BCUT2D eigenvalue weighted by molar-refractivity contribution is 0.116. The van der Waals surface area contributed by atoms with Gasteiger partial charge in [0.15, 0.2) is 0 Å². The Balaban J connectivity index is 1.93. The van der Waals surface area contributed by atoms with E-state index in [0.717, 1.165) is 48.4 Å². The second-order valence-corrected chi connectivity index (χ2v) is 6.32. The molecule has 0 saturated carbocycles. The van der Waals surface area contributed by atoms with Crippen LogP contribution in [0.25, 0.3) is 10.2 Å². The van der Waals surface area contributed by atoms with Crippen molar-refractivity contribution in [2.24, 2.45) is 0 Å². The van der Waals surface area contributed by atoms with Gasteiger partial charge in [0, 0.05) is 25.1 Å². The molecular weight excluding hydrogens is 272 g/mol. The van der Waals surface area contributed by atoms with Gasteiger partial charge in [-0.3, -0.25) is 0 Å². The van der Waals surface area contributed by atoms with Gasteiger partial charge in [0.1, 0.15) is 10.6 Å². The van der Waals surface area contributed by atoms with Gasteiger partial charge in [0.2, 0.25) is 5.95 Å². The molecule has 0 spiro atoms. The average Bonchev–Trinajstić information content (AvgIpc) is 3.06. The van der Waals surface area contributed by atoms with Crippen LogP contribution in [0.3, 0.4) is 0 Å². The van der Waals surface area contributed by atoms with Gasteiger partial charge in [-0.1, -0.05) is 6.92 Å². The summed E-state index contributed by atoms with van der Waals surface area (Å²) in [6.07, 6.45) is 3.59. The molecule has 0 aromatic carbocycles. The maximum atomic E-state index is 5.85. The Kier molecular flexibility index (Phi) is 3.76. The zero-order valence-electron chi connectivity index (χ0n) is 11.9. The number of aromatic nitrogens is 2. The fraction of sp³-hybridized carbons (Fsp3) is 0.571. The first-order valence-electron chi connectivity index (χ1n) is 7.06. The van der Waals surface area contributed by atoms with E-state index in [1.165, 1.54) is 4.88 Å². The van der Waals surface area contributed by atoms with Crippen LogP contribution in [0.2, 0.25) is 0 Å². The van der Waals surface area contributed by atoms with Crippen molar-refractivity contribution in [2.75, 3.05) is 30.8 Å². The van der Waals surface area contributed by atoms with E-state index in [0.29, 0.717) is 12.1 Å². The third kappa shape index (κ3) is 2.58. The monoisotopic (exact) mass is 292 g/mol. The van der Waals surface area contributed by atoms with E-state index in [1.807, 2.05) is 7.05 Å². The lowest BCUT2D eigenvalue weighted by Crippen LogP contribution is -2.29. The molecule has 1 atom stereocenters. The van der Waals surface area contributed by atoms with Gasteiger partial charge < -0.3 is 15.4 Å². The number of anilines is 2. The Hall–Kier alpha value is -1.40. The van der Waals surface area contributed by atoms with Crippen LogP contribution >= 0.6 is 11.3 Å². The van der Waals surface area contributed by atoms with Crippen LogP contribution in [0, 0.1) is 0 Å². The number of nitrogens with zero attached hydrogens (tertiary/aromatic N) is 3. The largest absolute Gasteiger partial charge is 0.376 e. The molecule has 2 aromatic heterocycles. The van der Waals surface area contributed by atoms with Crippen LogP contribution in [0.5, 0.6) is 0 Å². The van der Waals surface area contributed by atoms with E-state index < -0.39 is 0 Å². The topological polar surface area (TPSA) is 64.3 Å². The molecule has 3 heterocycles. The van der Waals surface area contributed by atoms with Crippen molar-refractivity contribution < 1.29 is 4.74 Å². The zero-order chi connectivity index (χ0) is 14.1. The molecule has 1 unspecified atom stereocenters. The molecule has 5 nitrogen and oxygen atoms in total. The Bertz CT molecular complexity index is 606. The maximum Gasteiger partial charge on any atom is 0.223 e. The van der Waals surface area contributed by atoms with Crippen molar-refractivity contribution in [3.8, 4) is 0 Å². The normalized spacial score (nSPS) is 18.8. The molecule has 0 radical (unpaired) electrons. The number of likely N-dealkylation sites (N-methyl/N-ethyl adjacent to an activating group) is 1. The summed E-state index contributed by atoms with van der Waals surface area (Å²) in [5.41, 5.74) is 5.85. The lowest BCUT2D eigenvalue weighted by atomic mass is 10.2. The number of hydrogen-bond acceptors (Lipinski definition) is 6. The minimum Gasteiger partial charge on any atom is -0.376 e. The first kappa shape index (κ1) is 13.6. The third-order valence-electron chi connectivity index (χ3n) is 3.65. The highest BCUT2D eigenvalue weighted by Crippen LogP contribution is 2.31. The van der Waals surface area contributed by atoms with E-state index in [4.69, 9.17) is 10.5 Å². The van der Waals surface area contributed by atoms with Crippen LogP contribution in [0.4, 0.5) is 11.8 Å². The summed E-state index contributed by atoms with van der Waals surface area (Å²) in [7, 11) is 2.05. The Morgan fingerprint density at radius 1 is 1.50 bits per heavy atom. The molecule has 20 heavy (non-hydrogen) atoms. The van der Waals surface area contributed by atoms with Crippen molar-refractivity contribution in [1.29, 1.82) is 0 Å². The van der Waals surface area contributed by atoms with Crippen LogP contribution in [-0.2, 0) is 11.2 Å². The van der Waals surface area contributed by atoms with Crippen molar-refractivity contribution >= 4 is 33.3 Å². The molecule has 0 aliphatic carbocycles. The fourth-order valence-corrected chi connectivity index (χ4v) is 3.59. The van der Waals surface area contributed by atoms with E-state index in [2.05, 4.69) is 27.9 Å². The summed E-state index contributed by atoms with van der Waals surface area (Å²) < 4.78 is 5.70. The average molecular weight is 292 g/mol. The second kappa shape index (κ2) is 5.54. The molecule has 108 valence electrons. The van der Waals surface area contributed by atoms with Gasteiger partial charge >= 0.3 is 0 Å². The first-order valence-corrected chi connectivity index (χ1v) is 7.87. The van der Waals surface area contributed by atoms with Crippen molar-refractivity contribution in [2.45, 2.75) is 32.3 Å². The first-order chi connectivity index (χ1) is 9.67. The molecule has 1 aliphatic heterocycles. The van der Waals surface area contributed by atoms with Crippen molar-refractivity contribution in [1.82, 2.24) is 9.97 Å². The van der Waals surface area contributed by atoms with Crippen molar-refractivity contribution in [3.63, 3.8) is 0 Å². The molecule has 2 aromatic rings. The number of nitrogen functional groups attached to an aromatic ring is 1. The summed E-state index contributed by atoms with van der Waals surface area (Å²) >= 11 is 1.70. The van der Waals surface area contributed by atoms with Crippen LogP contribution in [0.15, 0.2) is 6.07 Å². The highest BCUT2D eigenvalue weighted by Gasteiger charge is 2.20. The standard InChI is InChI=1S/C14H20N4OS/c1-3-10-7-11-12(16-14(15)17-13(11)20-10)18(2)8-9-5-4-6-19-9/h7,9H,3-6,8H2,1-2H3,(H2,15,16,17). The Morgan fingerprint density at radius 2 is 2.35 bits per heavy atom. The number of thiophene rings is 1. The van der Waals surface area contributed by atoms with Gasteiger partial charge in [-0.05, 0) is 25.3 Å². The highest BCUT2D eigenvalue weighted by atomic mass is 32.1. The Labute approximate surface area is 122 Å². The van der Waals surface area contributed by atoms with Crippen LogP contribution in [0.1, 0.15) is 24.6 Å². The molecule has 1 aliphatic rings. The predicted molar refractivity (Wildman–Crippen MR) is 83.4 cm³/mol. The predicted octanol–water partition coefficient (Wildman–Crippen LogP) is 2.45. The molecule has 0 amide bonds. The number of ether oxygens (including phenoxy) is 1. The summed E-state index contributed by atoms with van der Waals surface area (Å²) in [4.78, 5) is 13.2. The minimum atomic E-state index is 0.301. The zero-order valence-corrected chi connectivity index (χ0v) is 12.7. The summed E-state index contributed by atoms with van der Waals surface area (Å²) in [5, 5.41) is 1.10. The smallest absolute Gasteiger partial charge is 0.223 e. The summed E-state index contributed by atoms with van der Waals surface area (Å²) in [6, 6.07) is 2.18. The van der Waals surface area contributed by atoms with Gasteiger partial charge in [0.25, 0.3) is 0 Å². The molecule has 3 rings (SSSR count). The molecule has 2 N–H and O–H groups in total. The SMILES string of the molecule is CCc1cc2c(N(C)CC3CCCO3)nc(N)nc2s1. The molecule has 6 heteroatoms. The Morgan fingerprint density at radius 3 is 3.05 bits per heavy atom. The van der Waals surface area contributed by atoms with E-state index >= 15 is 0 Å². The van der Waals surface area contributed by atoms with Gasteiger partial charge in [-0.2, -0.15) is 4.98 Å². The molecule has 1 saturated heterocycles. The number of hydrogen-bond donors (Lipinski definition) is 1. The van der Waals surface area contributed by atoms with E-state index in [-0.39, 0.29) is 0 Å². The van der Waals surface area contributed by atoms with Gasteiger partial charge in [-0.15, -0.1) is 11.3 Å². The summed E-state index contributed by atoms with van der Waals surface area (Å²) in [6.45, 7) is 3.87. The van der Waals surface area contributed by atoms with Gasteiger partial charge in [-0.25, -0.2) is 4.98 Å². The van der Waals surface area contributed by atoms with Gasteiger partial charge in [0.05, 0.1) is 11.5 Å². The second-order valence-electron chi connectivity index (χ2n) is 5.21. The van der Waals surface area contributed by atoms with E-state index in [9.17, 15) is 0 Å². The number of nitrogens with two attached hydrogens (primary N) is 1. The van der Waals surface area contributed by atoms with Crippen LogP contribution in [-0.4, -0.2) is 36.3 Å². The molecule has 0 bridgehead atoms. The highest BCUT2D eigenvalue weighted by molar-refractivity contribution is 7.18. The van der Waals surface area contributed by atoms with Crippen molar-refractivity contribution in [3.05, 3.63) is 10.9 Å². The number of rotatable bonds is 4. The summed E-state index contributed by atoms with van der Waals surface area (Å²) in [5.74, 6) is 1.26. The van der Waals surface area contributed by atoms with E-state index in [1.54, 1.807) is 11.3 Å². The quantitative estimate of drug-likeness (QED) is 0.937. The minimum absolute atomic E-state index is 0.301. The molecule has 1 fully saturated rings. The van der Waals surface area contributed by atoms with Crippen LogP contribution < -0.4 is 10.6 Å². The number of aryl methyl sites for hydroxylation is 1. The molecular formula is C14H20N4OS.